The molecule has 1 fully saturated rings. The summed E-state index contributed by atoms with van der Waals surface area (Å²) in [6.45, 7) is 10.1. The first-order valence-electron chi connectivity index (χ1n) is 15.8. The summed E-state index contributed by atoms with van der Waals surface area (Å²) < 4.78 is 14.7. The molecular formula is C38H37N3O+2. The van der Waals surface area contributed by atoms with E-state index in [4.69, 9.17) is 4.74 Å². The molecule has 3 aromatic carbocycles. The van der Waals surface area contributed by atoms with Gasteiger partial charge in [0.2, 0.25) is 11.2 Å². The van der Waals surface area contributed by atoms with E-state index in [1.165, 1.54) is 68.9 Å². The molecule has 5 heterocycles. The van der Waals surface area contributed by atoms with E-state index in [1.54, 1.807) is 0 Å². The third kappa shape index (κ3) is 2.43. The van der Waals surface area contributed by atoms with E-state index in [0.717, 1.165) is 24.3 Å². The minimum atomic E-state index is -0.469. The highest BCUT2D eigenvalue weighted by molar-refractivity contribution is 5.85. The van der Waals surface area contributed by atoms with E-state index >= 15 is 0 Å². The molecule has 3 unspecified atom stereocenters. The van der Waals surface area contributed by atoms with Gasteiger partial charge in [-0.15, -0.1) is 0 Å². The Morgan fingerprint density at radius 1 is 0.833 bits per heavy atom. The second-order valence-electron chi connectivity index (χ2n) is 15.0. The highest BCUT2D eigenvalue weighted by Crippen LogP contribution is 2.61. The van der Waals surface area contributed by atoms with Crippen LogP contribution in [0.15, 0.2) is 72.9 Å². The van der Waals surface area contributed by atoms with Crippen LogP contribution in [0.3, 0.4) is 0 Å². The maximum absolute atomic E-state index is 7.11. The van der Waals surface area contributed by atoms with Crippen molar-refractivity contribution in [2.45, 2.75) is 58.9 Å². The number of fused-ring (bicyclic) bond motifs is 10. The van der Waals surface area contributed by atoms with Crippen LogP contribution in [-0.4, -0.2) is 4.57 Å². The minimum Gasteiger partial charge on any atom is -0.448 e. The zero-order chi connectivity index (χ0) is 28.3. The molecule has 4 nitrogen and oxygen atoms in total. The summed E-state index contributed by atoms with van der Waals surface area (Å²) in [5.41, 5.74) is 12.1. The first kappa shape index (κ1) is 23.6. The smallest absolute Gasteiger partial charge is 0.346 e. The molecule has 0 radical (unpaired) electrons. The zero-order valence-corrected chi connectivity index (χ0v) is 25.2. The number of aryl methyl sites for hydroxylation is 1. The number of para-hydroxylation sites is 1. The molecule has 5 aromatic rings. The standard InChI is InChI=1S/C38H37N3O/c1-36(2)16-17-37(3,4)27-21-24-22(19-26(27)36)20-28-32-34(24)42-31-15-10-14-30-33(31)41(32)35(39(30)5)38(28)25-12-7-6-11-23(25)29-13-8-9-18-40(29)38/h6-15,18,20,26-27H,16-17,19,21H2,1-5H3/q+2. The molecule has 10 rings (SSSR count). The maximum Gasteiger partial charge on any atom is 0.346 e. The second-order valence-corrected chi connectivity index (χ2v) is 15.0. The first-order valence-corrected chi connectivity index (χ1v) is 15.8. The number of nitrogens with zero attached hydrogens (tertiary/aromatic N) is 3. The average Bonchev–Trinajstić information content (AvgIpc) is 3.58. The number of imidazole rings is 1. The summed E-state index contributed by atoms with van der Waals surface area (Å²) in [6, 6.07) is 24.9. The minimum absolute atomic E-state index is 0.328. The Morgan fingerprint density at radius 2 is 1.60 bits per heavy atom. The van der Waals surface area contributed by atoms with Gasteiger partial charge in [0, 0.05) is 17.7 Å². The van der Waals surface area contributed by atoms with E-state index in [9.17, 15) is 0 Å². The molecule has 208 valence electrons. The van der Waals surface area contributed by atoms with Gasteiger partial charge in [-0.2, -0.15) is 9.13 Å². The molecule has 3 aliphatic heterocycles. The van der Waals surface area contributed by atoms with Crippen LogP contribution in [-0.2, 0) is 25.4 Å². The van der Waals surface area contributed by atoms with Crippen molar-refractivity contribution in [1.29, 1.82) is 0 Å². The average molecular weight is 552 g/mol. The number of pyridine rings is 1. The summed E-state index contributed by atoms with van der Waals surface area (Å²) in [4.78, 5) is 0. The van der Waals surface area contributed by atoms with Crippen LogP contribution in [0.4, 0.5) is 0 Å². The highest BCUT2D eigenvalue weighted by Gasteiger charge is 2.69. The lowest BCUT2D eigenvalue weighted by Crippen LogP contribution is -2.57. The largest absolute Gasteiger partial charge is 0.448 e. The number of ether oxygens (including phenoxy) is 1. The molecule has 2 aliphatic carbocycles. The number of benzene rings is 3. The molecular weight excluding hydrogens is 514 g/mol. The first-order chi connectivity index (χ1) is 20.2. The van der Waals surface area contributed by atoms with Crippen molar-refractivity contribution < 1.29 is 13.9 Å². The lowest BCUT2D eigenvalue weighted by molar-refractivity contribution is -0.733. The predicted molar refractivity (Wildman–Crippen MR) is 163 cm³/mol. The Hall–Kier alpha value is -3.92. The van der Waals surface area contributed by atoms with Gasteiger partial charge in [-0.25, -0.2) is 4.57 Å². The molecule has 1 saturated carbocycles. The van der Waals surface area contributed by atoms with Crippen LogP contribution >= 0.6 is 0 Å². The van der Waals surface area contributed by atoms with Crippen molar-refractivity contribution in [3.8, 4) is 28.4 Å². The topological polar surface area (TPSA) is 21.9 Å². The van der Waals surface area contributed by atoms with Crippen molar-refractivity contribution >= 4 is 11.0 Å². The molecule has 4 heteroatoms. The highest BCUT2D eigenvalue weighted by atomic mass is 16.5. The summed E-state index contributed by atoms with van der Waals surface area (Å²) in [5, 5.41) is 0. The Kier molecular flexibility index (Phi) is 4.03. The van der Waals surface area contributed by atoms with Gasteiger partial charge in [-0.3, -0.25) is 0 Å². The summed E-state index contributed by atoms with van der Waals surface area (Å²) >= 11 is 0. The molecule has 0 N–H and O–H groups in total. The lowest BCUT2D eigenvalue weighted by atomic mass is 9.50. The second kappa shape index (κ2) is 7.16. The Bertz CT molecular complexity index is 2020. The summed E-state index contributed by atoms with van der Waals surface area (Å²) in [7, 11) is 2.25. The van der Waals surface area contributed by atoms with Gasteiger partial charge in [-0.1, -0.05) is 52.0 Å². The van der Waals surface area contributed by atoms with Crippen LogP contribution in [0.1, 0.15) is 68.6 Å². The van der Waals surface area contributed by atoms with Crippen molar-refractivity contribution in [3.63, 3.8) is 0 Å². The van der Waals surface area contributed by atoms with Crippen molar-refractivity contribution in [3.05, 3.63) is 101 Å². The quantitative estimate of drug-likeness (QED) is 0.183. The third-order valence-electron chi connectivity index (χ3n) is 12.3. The van der Waals surface area contributed by atoms with Gasteiger partial charge in [0.05, 0.1) is 23.7 Å². The predicted octanol–water partition coefficient (Wildman–Crippen LogP) is 7.16. The molecule has 5 aliphatic rings. The van der Waals surface area contributed by atoms with Crippen LogP contribution in [0.25, 0.3) is 28.0 Å². The monoisotopic (exact) mass is 551 g/mol. The van der Waals surface area contributed by atoms with E-state index in [-0.39, 0.29) is 0 Å². The van der Waals surface area contributed by atoms with Gasteiger partial charge in [0.1, 0.15) is 0 Å². The Balaban J connectivity index is 1.37. The molecule has 3 atom stereocenters. The SMILES string of the molecule is Cn1c2[n+]3c4c(cccc41)Oc1c4c(cc(c1-3)C21c2ccccc2-c2cccc[n+]21)CC1C(C4)C(C)(C)CCC1(C)C. The fourth-order valence-corrected chi connectivity index (χ4v) is 10.1. The van der Waals surface area contributed by atoms with Gasteiger partial charge < -0.3 is 4.74 Å². The van der Waals surface area contributed by atoms with Gasteiger partial charge in [-0.05, 0) is 84.2 Å². The molecule has 2 aromatic heterocycles. The van der Waals surface area contributed by atoms with E-state index in [0.29, 0.717) is 22.7 Å². The molecule has 0 bridgehead atoms. The van der Waals surface area contributed by atoms with Gasteiger partial charge >= 0.3 is 11.4 Å². The Labute approximate surface area is 247 Å². The van der Waals surface area contributed by atoms with Crippen LogP contribution in [0, 0.1) is 22.7 Å². The van der Waals surface area contributed by atoms with E-state index in [1.807, 2.05) is 0 Å². The fraction of sp³-hybridized carbons (Fsp3) is 0.368. The fourth-order valence-electron chi connectivity index (χ4n) is 10.1. The zero-order valence-electron chi connectivity index (χ0n) is 25.2. The van der Waals surface area contributed by atoms with Crippen LogP contribution in [0.2, 0.25) is 0 Å². The number of rotatable bonds is 0. The number of hydrogen-bond donors (Lipinski definition) is 0. The maximum atomic E-state index is 7.11. The molecule has 42 heavy (non-hydrogen) atoms. The summed E-state index contributed by atoms with van der Waals surface area (Å²) in [6.07, 6.45) is 7.13. The molecule has 1 spiro atoms. The van der Waals surface area contributed by atoms with Gasteiger partial charge in [0.25, 0.3) is 0 Å². The number of hydrogen-bond acceptors (Lipinski definition) is 1. The van der Waals surface area contributed by atoms with E-state index < -0.39 is 5.54 Å². The normalized spacial score (nSPS) is 26.0. The van der Waals surface area contributed by atoms with E-state index in [2.05, 4.69) is 121 Å². The van der Waals surface area contributed by atoms with Crippen molar-refractivity contribution in [1.82, 2.24) is 4.57 Å². The van der Waals surface area contributed by atoms with Crippen LogP contribution in [0.5, 0.6) is 11.5 Å². The molecule has 0 amide bonds. The third-order valence-corrected chi connectivity index (χ3v) is 12.3. The van der Waals surface area contributed by atoms with Crippen molar-refractivity contribution in [2.75, 3.05) is 0 Å². The Morgan fingerprint density at radius 3 is 2.43 bits per heavy atom. The van der Waals surface area contributed by atoms with Crippen LogP contribution < -0.4 is 13.9 Å². The lowest BCUT2D eigenvalue weighted by Gasteiger charge is -2.55. The van der Waals surface area contributed by atoms with Crippen molar-refractivity contribution in [2.24, 2.45) is 29.7 Å². The number of aromatic nitrogens is 3. The molecule has 0 saturated heterocycles. The van der Waals surface area contributed by atoms with Gasteiger partial charge in [0.15, 0.2) is 28.9 Å². The summed E-state index contributed by atoms with van der Waals surface area (Å²) in [5.74, 6) is 4.71.